The molecule has 0 bridgehead atoms. The third kappa shape index (κ3) is 2.94. The lowest BCUT2D eigenvalue weighted by atomic mass is 9.69. The first-order valence-electron chi connectivity index (χ1n) is 11.1. The second-order valence-electron chi connectivity index (χ2n) is 9.53. The molecular weight excluding hydrogens is 447 g/mol. The number of H-pyrrole nitrogens is 1. The third-order valence-electron chi connectivity index (χ3n) is 7.64. The van der Waals surface area contributed by atoms with Gasteiger partial charge in [-0.1, -0.05) is 0 Å². The molecule has 1 aliphatic heterocycles. The number of aromatic carboxylic acids is 1. The summed E-state index contributed by atoms with van der Waals surface area (Å²) in [5.74, 6) is -0.979. The molecule has 0 radical (unpaired) electrons. The van der Waals surface area contributed by atoms with Gasteiger partial charge in [0.05, 0.1) is 22.4 Å². The molecule has 1 saturated heterocycles. The first-order chi connectivity index (χ1) is 16.1. The zero-order valence-corrected chi connectivity index (χ0v) is 18.1. The van der Waals surface area contributed by atoms with Crippen LogP contribution in [0.5, 0.6) is 0 Å². The van der Waals surface area contributed by atoms with Crippen LogP contribution < -0.4 is 11.1 Å². The molecule has 176 valence electrons. The van der Waals surface area contributed by atoms with Crippen LogP contribution in [0, 0.1) is 0 Å². The summed E-state index contributed by atoms with van der Waals surface area (Å²) in [4.78, 5) is 23.8. The maximum Gasteiger partial charge on any atom is 0.433 e. The standard InChI is InChI=1S/C24H22F3N5O2/c25-24(26,27)17-4-2-13(9-31-17)16-7-15-12(8-30-16)1-3-14-18(21(33)34)20(32-19(14)15)22(10-29-11-22)23(28)5-6-23/h2,4,7-9,29,32H,1,3,5-6,10-11,28H2,(H,33,34). The van der Waals surface area contributed by atoms with Crippen LogP contribution >= 0.6 is 0 Å². The molecule has 0 unspecified atom stereocenters. The number of alkyl halides is 3. The Morgan fingerprint density at radius 1 is 1.12 bits per heavy atom. The Kier molecular flexibility index (Phi) is 4.32. The fourth-order valence-corrected chi connectivity index (χ4v) is 5.43. The number of aryl methyl sites for hydroxylation is 1. The van der Waals surface area contributed by atoms with Crippen molar-refractivity contribution in [2.45, 2.75) is 42.8 Å². The largest absolute Gasteiger partial charge is 0.478 e. The van der Waals surface area contributed by atoms with Gasteiger partial charge in [-0.25, -0.2) is 4.79 Å². The number of hydrogen-bond donors (Lipinski definition) is 4. The monoisotopic (exact) mass is 469 g/mol. The van der Waals surface area contributed by atoms with Gasteiger partial charge in [0.2, 0.25) is 0 Å². The molecule has 4 heterocycles. The lowest BCUT2D eigenvalue weighted by molar-refractivity contribution is -0.141. The number of aromatic nitrogens is 3. The number of nitrogens with one attached hydrogen (secondary N) is 2. The lowest BCUT2D eigenvalue weighted by Gasteiger charge is -2.47. The number of carboxylic acids is 1. The average molecular weight is 469 g/mol. The normalized spacial score (nSPS) is 19.6. The molecule has 2 aliphatic carbocycles. The highest BCUT2D eigenvalue weighted by Gasteiger charge is 2.62. The lowest BCUT2D eigenvalue weighted by Crippen LogP contribution is -2.67. The van der Waals surface area contributed by atoms with Crippen molar-refractivity contribution in [1.82, 2.24) is 20.3 Å². The number of hydrogen-bond acceptors (Lipinski definition) is 5. The van der Waals surface area contributed by atoms with Gasteiger partial charge in [0.15, 0.2) is 0 Å². The summed E-state index contributed by atoms with van der Waals surface area (Å²) in [6, 6.07) is 4.07. The van der Waals surface area contributed by atoms with E-state index in [2.05, 4.69) is 20.3 Å². The SMILES string of the molecule is NC1(C2(c3[nH]c4c(c3C(=O)O)CCc3cnc(-c5ccc(C(F)(F)F)nc5)cc3-4)CNC2)CC1. The van der Waals surface area contributed by atoms with Crippen LogP contribution in [-0.2, 0) is 24.4 Å². The summed E-state index contributed by atoms with van der Waals surface area (Å²) in [6.45, 7) is 1.24. The van der Waals surface area contributed by atoms with Gasteiger partial charge in [-0.05, 0) is 55.0 Å². The summed E-state index contributed by atoms with van der Waals surface area (Å²) in [6.07, 6.45) is 1.23. The van der Waals surface area contributed by atoms with Crippen LogP contribution in [0.25, 0.3) is 22.5 Å². The maximum absolute atomic E-state index is 12.9. The molecule has 2 fully saturated rings. The number of nitrogens with zero attached hydrogens (tertiary/aromatic N) is 2. The molecule has 0 atom stereocenters. The van der Waals surface area contributed by atoms with E-state index in [4.69, 9.17) is 5.73 Å². The molecule has 0 amide bonds. The van der Waals surface area contributed by atoms with Crippen molar-refractivity contribution in [3.05, 3.63) is 58.7 Å². The van der Waals surface area contributed by atoms with Gasteiger partial charge < -0.3 is 21.1 Å². The van der Waals surface area contributed by atoms with Crippen LogP contribution in [0.3, 0.4) is 0 Å². The van der Waals surface area contributed by atoms with Gasteiger partial charge >= 0.3 is 12.1 Å². The molecular formula is C24H22F3N5O2. The molecule has 3 aromatic rings. The topological polar surface area (TPSA) is 117 Å². The van der Waals surface area contributed by atoms with E-state index in [9.17, 15) is 23.1 Å². The van der Waals surface area contributed by atoms with Gasteiger partial charge in [0.1, 0.15) is 5.69 Å². The highest BCUT2D eigenvalue weighted by Crippen LogP contribution is 2.53. The zero-order chi connectivity index (χ0) is 23.9. The van der Waals surface area contributed by atoms with Crippen molar-refractivity contribution in [1.29, 1.82) is 0 Å². The van der Waals surface area contributed by atoms with E-state index < -0.39 is 28.8 Å². The number of carboxylic acid groups (broad SMARTS) is 1. The molecule has 6 rings (SSSR count). The minimum atomic E-state index is -4.52. The van der Waals surface area contributed by atoms with Crippen LogP contribution in [0.1, 0.15) is 45.7 Å². The Hall–Kier alpha value is -3.24. The predicted octanol–water partition coefficient (Wildman–Crippen LogP) is 3.29. The van der Waals surface area contributed by atoms with Gasteiger partial charge in [0, 0.05) is 47.8 Å². The van der Waals surface area contributed by atoms with E-state index >= 15 is 0 Å². The molecule has 34 heavy (non-hydrogen) atoms. The summed E-state index contributed by atoms with van der Waals surface area (Å²) >= 11 is 0. The molecule has 1 saturated carbocycles. The van der Waals surface area contributed by atoms with Crippen molar-refractivity contribution in [3.8, 4) is 22.5 Å². The number of halogens is 3. The summed E-state index contributed by atoms with van der Waals surface area (Å²) in [7, 11) is 0. The highest BCUT2D eigenvalue weighted by molar-refractivity contribution is 5.95. The minimum Gasteiger partial charge on any atom is -0.478 e. The van der Waals surface area contributed by atoms with Crippen molar-refractivity contribution in [2.24, 2.45) is 5.73 Å². The second-order valence-corrected chi connectivity index (χ2v) is 9.53. The second kappa shape index (κ2) is 6.89. The Morgan fingerprint density at radius 2 is 1.88 bits per heavy atom. The third-order valence-corrected chi connectivity index (χ3v) is 7.64. The summed E-state index contributed by atoms with van der Waals surface area (Å²) in [5.41, 5.74) is 9.92. The number of aromatic amines is 1. The van der Waals surface area contributed by atoms with E-state index in [-0.39, 0.29) is 0 Å². The van der Waals surface area contributed by atoms with Crippen molar-refractivity contribution in [2.75, 3.05) is 13.1 Å². The zero-order valence-electron chi connectivity index (χ0n) is 18.1. The van der Waals surface area contributed by atoms with E-state index in [1.165, 1.54) is 6.07 Å². The average Bonchev–Trinajstić information content (AvgIpc) is 3.38. The van der Waals surface area contributed by atoms with E-state index in [0.717, 1.165) is 47.5 Å². The molecule has 7 nitrogen and oxygen atoms in total. The molecule has 10 heteroatoms. The molecule has 0 aromatic carbocycles. The quantitative estimate of drug-likeness (QED) is 0.466. The smallest absolute Gasteiger partial charge is 0.433 e. The Labute approximate surface area is 192 Å². The number of pyridine rings is 2. The number of carbonyl (C=O) groups is 1. The highest BCUT2D eigenvalue weighted by atomic mass is 19.4. The first kappa shape index (κ1) is 21.3. The molecule has 5 N–H and O–H groups in total. The van der Waals surface area contributed by atoms with Crippen LogP contribution in [0.4, 0.5) is 13.2 Å². The molecule has 3 aromatic heterocycles. The Balaban J connectivity index is 1.47. The maximum atomic E-state index is 12.9. The number of fused-ring (bicyclic) bond motifs is 3. The van der Waals surface area contributed by atoms with Crippen LogP contribution in [0.2, 0.25) is 0 Å². The van der Waals surface area contributed by atoms with Gasteiger partial charge in [-0.15, -0.1) is 0 Å². The van der Waals surface area contributed by atoms with E-state index in [1.54, 1.807) is 12.3 Å². The van der Waals surface area contributed by atoms with Gasteiger partial charge in [-0.3, -0.25) is 9.97 Å². The summed E-state index contributed by atoms with van der Waals surface area (Å²) < 4.78 is 38.7. The van der Waals surface area contributed by atoms with E-state index in [0.29, 0.717) is 48.4 Å². The minimum absolute atomic E-state index is 0.299. The number of nitrogens with two attached hydrogens (primary N) is 1. The van der Waals surface area contributed by atoms with Crippen molar-refractivity contribution < 1.29 is 23.1 Å². The first-order valence-corrected chi connectivity index (χ1v) is 11.1. The fraction of sp³-hybridized carbons (Fsp3) is 0.375. The molecule has 3 aliphatic rings. The van der Waals surface area contributed by atoms with E-state index in [1.807, 2.05) is 0 Å². The fourth-order valence-electron chi connectivity index (χ4n) is 5.43. The van der Waals surface area contributed by atoms with Crippen LogP contribution in [-0.4, -0.2) is 44.7 Å². The Bertz CT molecular complexity index is 1320. The van der Waals surface area contributed by atoms with Crippen molar-refractivity contribution in [3.63, 3.8) is 0 Å². The Morgan fingerprint density at radius 3 is 2.44 bits per heavy atom. The van der Waals surface area contributed by atoms with Crippen molar-refractivity contribution >= 4 is 5.97 Å². The summed E-state index contributed by atoms with van der Waals surface area (Å²) in [5, 5.41) is 13.4. The van der Waals surface area contributed by atoms with Gasteiger partial charge in [0.25, 0.3) is 0 Å². The molecule has 0 spiro atoms. The van der Waals surface area contributed by atoms with Gasteiger partial charge in [-0.2, -0.15) is 13.2 Å². The predicted molar refractivity (Wildman–Crippen MR) is 117 cm³/mol. The van der Waals surface area contributed by atoms with Crippen LogP contribution in [0.15, 0.2) is 30.6 Å². The number of rotatable bonds is 4.